The third-order valence-electron chi connectivity index (χ3n) is 2.67. The summed E-state index contributed by atoms with van der Waals surface area (Å²) in [5.74, 6) is -0.269. The van der Waals surface area contributed by atoms with Gasteiger partial charge in [-0.25, -0.2) is 0 Å². The minimum absolute atomic E-state index is 0.111. The van der Waals surface area contributed by atoms with E-state index in [1.54, 1.807) is 18.2 Å². The summed E-state index contributed by atoms with van der Waals surface area (Å²) < 4.78 is 0. The van der Waals surface area contributed by atoms with E-state index in [0.717, 1.165) is 5.56 Å². The molecule has 0 fully saturated rings. The Labute approximate surface area is 112 Å². The summed E-state index contributed by atoms with van der Waals surface area (Å²) in [6.07, 6.45) is 0. The number of carbonyl (C=O) groups is 1. The van der Waals surface area contributed by atoms with Crippen molar-refractivity contribution in [3.05, 3.63) is 34.3 Å². The molecule has 18 heavy (non-hydrogen) atoms. The van der Waals surface area contributed by atoms with Crippen molar-refractivity contribution in [3.63, 3.8) is 0 Å². The van der Waals surface area contributed by atoms with Crippen molar-refractivity contribution in [2.75, 3.05) is 0 Å². The average molecular weight is 266 g/mol. The molecule has 96 valence electrons. The Morgan fingerprint density at radius 1 is 1.56 bits per heavy atom. The van der Waals surface area contributed by atoms with Crippen molar-refractivity contribution < 1.29 is 4.79 Å². The highest BCUT2D eigenvalue weighted by molar-refractivity contribution is 6.31. The molecule has 1 aromatic carbocycles. The Kier molecular flexibility index (Phi) is 5.14. The van der Waals surface area contributed by atoms with Crippen molar-refractivity contribution in [2.45, 2.75) is 26.4 Å². The van der Waals surface area contributed by atoms with Crippen LogP contribution >= 0.6 is 11.6 Å². The molecule has 0 aromatic heterocycles. The second-order valence-corrected chi connectivity index (χ2v) is 4.83. The van der Waals surface area contributed by atoms with Gasteiger partial charge in [-0.3, -0.25) is 4.79 Å². The van der Waals surface area contributed by atoms with E-state index >= 15 is 0 Å². The van der Waals surface area contributed by atoms with Crippen LogP contribution in [0, 0.1) is 17.2 Å². The van der Waals surface area contributed by atoms with Gasteiger partial charge in [0.25, 0.3) is 0 Å². The van der Waals surface area contributed by atoms with E-state index in [1.807, 2.05) is 19.9 Å². The molecule has 3 N–H and O–H groups in total. The van der Waals surface area contributed by atoms with Crippen LogP contribution in [-0.2, 0) is 11.3 Å². The number of nitrogens with one attached hydrogen (secondary N) is 1. The zero-order valence-corrected chi connectivity index (χ0v) is 11.2. The molecule has 0 aliphatic rings. The van der Waals surface area contributed by atoms with Crippen LogP contribution in [0.25, 0.3) is 0 Å². The summed E-state index contributed by atoms with van der Waals surface area (Å²) in [5, 5.41) is 12.3. The van der Waals surface area contributed by atoms with E-state index in [1.165, 1.54) is 0 Å². The second-order valence-electron chi connectivity index (χ2n) is 4.42. The van der Waals surface area contributed by atoms with Crippen LogP contribution in [0.3, 0.4) is 0 Å². The summed E-state index contributed by atoms with van der Waals surface area (Å²) in [6.45, 7) is 4.28. The van der Waals surface area contributed by atoms with Gasteiger partial charge in [0, 0.05) is 11.6 Å². The SMILES string of the molecule is CC(C)C(NCc1ccc(C#N)cc1Cl)C(N)=O. The van der Waals surface area contributed by atoms with E-state index in [0.29, 0.717) is 17.1 Å². The Morgan fingerprint density at radius 2 is 2.22 bits per heavy atom. The van der Waals surface area contributed by atoms with Crippen LogP contribution in [0.1, 0.15) is 25.0 Å². The largest absolute Gasteiger partial charge is 0.368 e. The Bertz CT molecular complexity index is 480. The molecule has 5 heteroatoms. The number of primary amides is 1. The van der Waals surface area contributed by atoms with Gasteiger partial charge >= 0.3 is 0 Å². The highest BCUT2D eigenvalue weighted by Gasteiger charge is 2.18. The molecule has 1 aromatic rings. The molecular formula is C13H16ClN3O. The normalized spacial score (nSPS) is 12.2. The number of rotatable bonds is 5. The molecule has 0 spiro atoms. The minimum Gasteiger partial charge on any atom is -0.368 e. The first-order valence-corrected chi connectivity index (χ1v) is 6.04. The number of halogens is 1. The van der Waals surface area contributed by atoms with Gasteiger partial charge in [-0.2, -0.15) is 5.26 Å². The molecule has 1 atom stereocenters. The zero-order chi connectivity index (χ0) is 13.7. The van der Waals surface area contributed by atoms with Crippen molar-refractivity contribution in [1.29, 1.82) is 5.26 Å². The van der Waals surface area contributed by atoms with Gasteiger partial charge in [-0.15, -0.1) is 0 Å². The number of nitrogens with zero attached hydrogens (tertiary/aromatic N) is 1. The smallest absolute Gasteiger partial charge is 0.234 e. The van der Waals surface area contributed by atoms with E-state index < -0.39 is 6.04 Å². The maximum Gasteiger partial charge on any atom is 0.234 e. The Balaban J connectivity index is 2.74. The van der Waals surface area contributed by atoms with E-state index in [9.17, 15) is 4.79 Å². The highest BCUT2D eigenvalue weighted by Crippen LogP contribution is 2.18. The number of benzene rings is 1. The van der Waals surface area contributed by atoms with Gasteiger partial charge in [0.15, 0.2) is 0 Å². The maximum atomic E-state index is 11.2. The average Bonchev–Trinajstić information content (AvgIpc) is 2.30. The summed E-state index contributed by atoms with van der Waals surface area (Å²) in [7, 11) is 0. The monoisotopic (exact) mass is 265 g/mol. The van der Waals surface area contributed by atoms with Crippen molar-refractivity contribution >= 4 is 17.5 Å². The van der Waals surface area contributed by atoms with Crippen LogP contribution in [0.4, 0.5) is 0 Å². The third kappa shape index (κ3) is 3.73. The molecule has 0 aliphatic heterocycles. The first-order valence-electron chi connectivity index (χ1n) is 5.67. The lowest BCUT2D eigenvalue weighted by atomic mass is 10.0. The number of nitrogens with two attached hydrogens (primary N) is 1. The number of nitriles is 1. The lowest BCUT2D eigenvalue weighted by Crippen LogP contribution is -2.44. The van der Waals surface area contributed by atoms with Crippen LogP contribution in [0.15, 0.2) is 18.2 Å². The third-order valence-corrected chi connectivity index (χ3v) is 3.02. The Morgan fingerprint density at radius 3 is 2.67 bits per heavy atom. The molecule has 4 nitrogen and oxygen atoms in total. The fourth-order valence-electron chi connectivity index (χ4n) is 1.64. The summed E-state index contributed by atoms with van der Waals surface area (Å²) in [6, 6.07) is 6.69. The van der Waals surface area contributed by atoms with E-state index in [-0.39, 0.29) is 11.8 Å². The molecule has 1 amide bonds. The van der Waals surface area contributed by atoms with Crippen LogP contribution in [-0.4, -0.2) is 11.9 Å². The van der Waals surface area contributed by atoms with Gasteiger partial charge in [-0.05, 0) is 23.6 Å². The zero-order valence-electron chi connectivity index (χ0n) is 10.4. The van der Waals surface area contributed by atoms with Gasteiger partial charge < -0.3 is 11.1 Å². The van der Waals surface area contributed by atoms with E-state index in [2.05, 4.69) is 5.32 Å². The second kappa shape index (κ2) is 6.39. The van der Waals surface area contributed by atoms with Crippen molar-refractivity contribution in [3.8, 4) is 6.07 Å². The van der Waals surface area contributed by atoms with Gasteiger partial charge in [0.1, 0.15) is 0 Å². The quantitative estimate of drug-likeness (QED) is 0.852. The summed E-state index contributed by atoms with van der Waals surface area (Å²) >= 11 is 6.04. The predicted molar refractivity (Wildman–Crippen MR) is 70.8 cm³/mol. The van der Waals surface area contributed by atoms with Crippen LogP contribution in [0.2, 0.25) is 5.02 Å². The maximum absolute atomic E-state index is 11.2. The molecule has 1 rings (SSSR count). The minimum atomic E-state index is -0.392. The first kappa shape index (κ1) is 14.5. The fraction of sp³-hybridized carbons (Fsp3) is 0.385. The standard InChI is InChI=1S/C13H16ClN3O/c1-8(2)12(13(16)18)17-7-10-4-3-9(6-15)5-11(10)14/h3-5,8,12,17H,7H2,1-2H3,(H2,16,18). The van der Waals surface area contributed by atoms with Gasteiger partial charge in [-0.1, -0.05) is 31.5 Å². The number of amides is 1. The molecule has 1 unspecified atom stereocenters. The molecule has 0 saturated carbocycles. The number of hydrogen-bond donors (Lipinski definition) is 2. The Hall–Kier alpha value is -1.57. The highest BCUT2D eigenvalue weighted by atomic mass is 35.5. The molecular weight excluding hydrogens is 250 g/mol. The van der Waals surface area contributed by atoms with Crippen LogP contribution < -0.4 is 11.1 Å². The van der Waals surface area contributed by atoms with Crippen molar-refractivity contribution in [1.82, 2.24) is 5.32 Å². The lowest BCUT2D eigenvalue weighted by molar-refractivity contribution is -0.121. The van der Waals surface area contributed by atoms with Crippen LogP contribution in [0.5, 0.6) is 0 Å². The van der Waals surface area contributed by atoms with Gasteiger partial charge in [0.2, 0.25) is 5.91 Å². The molecule has 0 heterocycles. The predicted octanol–water partition coefficient (Wildman–Crippen LogP) is 1.81. The molecule has 0 saturated heterocycles. The molecule has 0 bridgehead atoms. The molecule has 0 radical (unpaired) electrons. The fourth-order valence-corrected chi connectivity index (χ4v) is 1.89. The van der Waals surface area contributed by atoms with Gasteiger partial charge in [0.05, 0.1) is 17.7 Å². The summed E-state index contributed by atoms with van der Waals surface area (Å²) in [5.41, 5.74) is 6.66. The lowest BCUT2D eigenvalue weighted by Gasteiger charge is -2.19. The molecule has 0 aliphatic carbocycles. The first-order chi connectivity index (χ1) is 8.45. The van der Waals surface area contributed by atoms with Crippen molar-refractivity contribution in [2.24, 2.45) is 11.7 Å². The van der Waals surface area contributed by atoms with E-state index in [4.69, 9.17) is 22.6 Å². The summed E-state index contributed by atoms with van der Waals surface area (Å²) in [4.78, 5) is 11.2. The number of hydrogen-bond acceptors (Lipinski definition) is 3. The topological polar surface area (TPSA) is 78.9 Å². The number of carbonyl (C=O) groups excluding carboxylic acids is 1.